The van der Waals surface area contributed by atoms with E-state index in [1.54, 1.807) is 13.8 Å². The maximum atomic E-state index is 12.6. The molecule has 0 aromatic heterocycles. The first-order valence-corrected chi connectivity index (χ1v) is 6.25. The van der Waals surface area contributed by atoms with Crippen LogP contribution in [0.1, 0.15) is 33.6 Å². The minimum Gasteiger partial charge on any atom is -0.499 e. The summed E-state index contributed by atoms with van der Waals surface area (Å²) in [4.78, 5) is 36.4. The largest absolute Gasteiger partial charge is 0.499 e. The Morgan fingerprint density at radius 1 is 1.42 bits per heavy atom. The van der Waals surface area contributed by atoms with E-state index in [9.17, 15) is 14.4 Å². The van der Waals surface area contributed by atoms with Gasteiger partial charge in [0.05, 0.1) is 18.8 Å². The molecule has 19 heavy (non-hydrogen) atoms. The lowest BCUT2D eigenvalue weighted by molar-refractivity contribution is -0.187. The Morgan fingerprint density at radius 2 is 2.05 bits per heavy atom. The third-order valence-corrected chi connectivity index (χ3v) is 3.81. The predicted octanol–water partition coefficient (Wildman–Crippen LogP) is 1.20. The number of hydrogen-bond donors (Lipinski definition) is 0. The average molecular weight is 266 g/mol. The molecule has 1 saturated heterocycles. The molecule has 1 fully saturated rings. The van der Waals surface area contributed by atoms with Crippen LogP contribution in [0.15, 0.2) is 11.8 Å². The Kier molecular flexibility index (Phi) is 3.13. The normalized spacial score (nSPS) is 33.5. The molecular formula is C14H18O5. The van der Waals surface area contributed by atoms with Gasteiger partial charge in [0.2, 0.25) is 0 Å². The molecule has 0 N–H and O–H groups in total. The maximum absolute atomic E-state index is 12.6. The summed E-state index contributed by atoms with van der Waals surface area (Å²) in [7, 11) is 1.36. The van der Waals surface area contributed by atoms with Crippen molar-refractivity contribution in [1.29, 1.82) is 0 Å². The van der Waals surface area contributed by atoms with Crippen LogP contribution in [0.25, 0.3) is 0 Å². The van der Waals surface area contributed by atoms with E-state index in [-0.39, 0.29) is 36.0 Å². The molecule has 0 bridgehead atoms. The molecule has 2 aliphatic rings. The molecule has 1 aliphatic carbocycles. The van der Waals surface area contributed by atoms with Gasteiger partial charge in [-0.3, -0.25) is 14.4 Å². The number of allylic oxidation sites excluding steroid dienone is 1. The summed E-state index contributed by atoms with van der Waals surface area (Å²) in [6, 6.07) is 0. The quantitative estimate of drug-likeness (QED) is 0.702. The molecule has 5 nitrogen and oxygen atoms in total. The molecule has 0 amide bonds. The summed E-state index contributed by atoms with van der Waals surface area (Å²) in [6.07, 6.45) is 0.630. The van der Waals surface area contributed by atoms with Gasteiger partial charge in [0.25, 0.3) is 0 Å². The number of fused-ring (bicyclic) bond motifs is 1. The Balaban J connectivity index is 2.61. The van der Waals surface area contributed by atoms with Crippen LogP contribution in [-0.2, 0) is 23.9 Å². The van der Waals surface area contributed by atoms with Crippen molar-refractivity contribution >= 4 is 17.3 Å². The number of methoxy groups -OCH3 is 1. The highest BCUT2D eigenvalue weighted by molar-refractivity contribution is 6.13. The molecule has 0 saturated carbocycles. The van der Waals surface area contributed by atoms with Gasteiger partial charge in [0.1, 0.15) is 5.76 Å². The van der Waals surface area contributed by atoms with Gasteiger partial charge in [-0.25, -0.2) is 0 Å². The molecule has 2 rings (SSSR count). The fraction of sp³-hybridized carbons (Fsp3) is 0.643. The van der Waals surface area contributed by atoms with Gasteiger partial charge in [-0.05, 0) is 20.8 Å². The van der Waals surface area contributed by atoms with Crippen LogP contribution in [0.4, 0.5) is 0 Å². The van der Waals surface area contributed by atoms with Crippen molar-refractivity contribution in [2.45, 2.75) is 45.3 Å². The topological polar surface area (TPSA) is 69.7 Å². The number of ether oxygens (including phenoxy) is 2. The van der Waals surface area contributed by atoms with E-state index in [0.29, 0.717) is 0 Å². The maximum Gasteiger partial charge on any atom is 0.170 e. The highest BCUT2D eigenvalue weighted by Gasteiger charge is 2.61. The van der Waals surface area contributed by atoms with Gasteiger partial charge in [-0.1, -0.05) is 0 Å². The zero-order chi connectivity index (χ0) is 14.4. The second-order valence-electron chi connectivity index (χ2n) is 5.71. The second-order valence-corrected chi connectivity index (χ2v) is 5.71. The first-order valence-electron chi connectivity index (χ1n) is 6.25. The monoisotopic (exact) mass is 266 g/mol. The highest BCUT2D eigenvalue weighted by Crippen LogP contribution is 2.47. The van der Waals surface area contributed by atoms with Crippen LogP contribution in [0, 0.1) is 5.41 Å². The molecule has 1 heterocycles. The van der Waals surface area contributed by atoms with E-state index in [2.05, 4.69) is 0 Å². The molecule has 1 aliphatic heterocycles. The Bertz CT molecular complexity index is 488. The summed E-state index contributed by atoms with van der Waals surface area (Å²) in [5.41, 5.74) is -2.12. The van der Waals surface area contributed by atoms with Crippen molar-refractivity contribution in [1.82, 2.24) is 0 Å². The van der Waals surface area contributed by atoms with Crippen LogP contribution in [-0.4, -0.2) is 36.2 Å². The average Bonchev–Trinajstić information content (AvgIpc) is 2.24. The summed E-state index contributed by atoms with van der Waals surface area (Å²) in [6.45, 7) is 4.91. The Morgan fingerprint density at radius 3 is 2.58 bits per heavy atom. The molecule has 0 unspecified atom stereocenters. The molecule has 2 atom stereocenters. The number of rotatable bonds is 2. The molecule has 0 radical (unpaired) electrons. The van der Waals surface area contributed by atoms with Crippen molar-refractivity contribution in [3.05, 3.63) is 11.8 Å². The molecule has 0 spiro atoms. The third-order valence-electron chi connectivity index (χ3n) is 3.81. The summed E-state index contributed by atoms with van der Waals surface area (Å²) < 4.78 is 11.0. The molecule has 5 heteroatoms. The van der Waals surface area contributed by atoms with E-state index < -0.39 is 17.1 Å². The molecule has 104 valence electrons. The van der Waals surface area contributed by atoms with Crippen molar-refractivity contribution in [3.63, 3.8) is 0 Å². The minimum absolute atomic E-state index is 0.0294. The van der Waals surface area contributed by atoms with Crippen LogP contribution in [0.2, 0.25) is 0 Å². The predicted molar refractivity (Wildman–Crippen MR) is 66.4 cm³/mol. The number of ketones is 3. The summed E-state index contributed by atoms with van der Waals surface area (Å²) in [5.74, 6) is -0.647. The van der Waals surface area contributed by atoms with E-state index in [0.717, 1.165) is 0 Å². The summed E-state index contributed by atoms with van der Waals surface area (Å²) >= 11 is 0. The first kappa shape index (κ1) is 13.9. The smallest absolute Gasteiger partial charge is 0.170 e. The van der Waals surface area contributed by atoms with Crippen LogP contribution >= 0.6 is 0 Å². The van der Waals surface area contributed by atoms with E-state index >= 15 is 0 Å². The van der Waals surface area contributed by atoms with E-state index in [1.165, 1.54) is 20.1 Å². The zero-order valence-electron chi connectivity index (χ0n) is 11.6. The number of carbonyl (C=O) groups excluding carboxylic acids is 3. The minimum atomic E-state index is -1.45. The van der Waals surface area contributed by atoms with Gasteiger partial charge in [-0.15, -0.1) is 0 Å². The lowest BCUT2D eigenvalue weighted by Gasteiger charge is -2.48. The van der Waals surface area contributed by atoms with Crippen LogP contribution in [0.5, 0.6) is 0 Å². The number of Topliss-reactive ketones (excluding diaryl/α,β-unsaturated/α-hetero) is 2. The van der Waals surface area contributed by atoms with Crippen molar-refractivity contribution < 1.29 is 23.9 Å². The summed E-state index contributed by atoms with van der Waals surface area (Å²) in [5, 5.41) is 0. The van der Waals surface area contributed by atoms with Crippen LogP contribution in [0.3, 0.4) is 0 Å². The SMILES string of the molecule is COC1=CC(=O)C[C@H]2OC(C)(C)CC(=O)[C@@]12C(C)=O. The van der Waals surface area contributed by atoms with E-state index in [4.69, 9.17) is 9.47 Å². The van der Waals surface area contributed by atoms with Crippen molar-refractivity contribution in [2.24, 2.45) is 5.41 Å². The second kappa shape index (κ2) is 4.27. The highest BCUT2D eigenvalue weighted by atomic mass is 16.5. The standard InChI is InChI=1S/C14H18O5/c1-8(15)14-10(17)7-13(2,3)19-12(14)6-9(16)5-11(14)18-4/h5,12H,6-7H2,1-4H3/t12-,14+/m1/s1. The fourth-order valence-electron chi connectivity index (χ4n) is 3.03. The Labute approximate surface area is 111 Å². The van der Waals surface area contributed by atoms with Crippen molar-refractivity contribution in [3.8, 4) is 0 Å². The number of hydrogen-bond acceptors (Lipinski definition) is 5. The van der Waals surface area contributed by atoms with Gasteiger partial charge < -0.3 is 9.47 Å². The van der Waals surface area contributed by atoms with Gasteiger partial charge in [-0.2, -0.15) is 0 Å². The first-order chi connectivity index (χ1) is 8.74. The van der Waals surface area contributed by atoms with Crippen LogP contribution < -0.4 is 0 Å². The Hall–Kier alpha value is -1.49. The molecule has 0 aromatic carbocycles. The fourth-order valence-corrected chi connectivity index (χ4v) is 3.03. The third kappa shape index (κ3) is 1.92. The lowest BCUT2D eigenvalue weighted by Crippen LogP contribution is -2.60. The molecular weight excluding hydrogens is 248 g/mol. The lowest BCUT2D eigenvalue weighted by atomic mass is 9.64. The van der Waals surface area contributed by atoms with Gasteiger partial charge in [0.15, 0.2) is 22.8 Å². The molecule has 0 aromatic rings. The van der Waals surface area contributed by atoms with Crippen molar-refractivity contribution in [2.75, 3.05) is 7.11 Å². The van der Waals surface area contributed by atoms with E-state index in [1.807, 2.05) is 0 Å². The number of carbonyl (C=O) groups is 3. The zero-order valence-corrected chi connectivity index (χ0v) is 11.6. The van der Waals surface area contributed by atoms with Gasteiger partial charge in [0, 0.05) is 18.9 Å². The van der Waals surface area contributed by atoms with Gasteiger partial charge >= 0.3 is 0 Å².